The molecule has 0 aliphatic carbocycles. The molecule has 0 aliphatic heterocycles. The van der Waals surface area contributed by atoms with Crippen molar-refractivity contribution in [3.8, 4) is 22.1 Å². The van der Waals surface area contributed by atoms with Gasteiger partial charge in [0.2, 0.25) is 0 Å². The standard InChI is InChI=1S/C22H21ClN2O3S/c1-13(15-5-8-17(27-3)9-6-15)24-12-19(26)21-14(2)25-22(29-21)18-10-7-16(23)11-20(18)28-4/h5-11H,12H2,1-4H3. The van der Waals surface area contributed by atoms with Crippen LogP contribution < -0.4 is 9.47 Å². The van der Waals surface area contributed by atoms with E-state index in [4.69, 9.17) is 21.1 Å². The van der Waals surface area contributed by atoms with Crippen molar-refractivity contribution in [2.75, 3.05) is 20.8 Å². The van der Waals surface area contributed by atoms with E-state index in [1.807, 2.05) is 44.2 Å². The fraction of sp³-hybridized carbons (Fsp3) is 0.227. The molecule has 2 aromatic carbocycles. The first-order valence-electron chi connectivity index (χ1n) is 8.93. The molecule has 29 heavy (non-hydrogen) atoms. The van der Waals surface area contributed by atoms with Gasteiger partial charge in [-0.15, -0.1) is 11.3 Å². The van der Waals surface area contributed by atoms with Gasteiger partial charge >= 0.3 is 0 Å². The number of aryl methyl sites for hydroxylation is 1. The molecule has 0 aliphatic rings. The Bertz CT molecular complexity index is 1060. The van der Waals surface area contributed by atoms with Crippen LogP contribution in [0.2, 0.25) is 5.02 Å². The Morgan fingerprint density at radius 2 is 1.86 bits per heavy atom. The number of nitrogens with zero attached hydrogens (tertiary/aromatic N) is 2. The molecule has 150 valence electrons. The molecule has 0 bridgehead atoms. The monoisotopic (exact) mass is 428 g/mol. The van der Waals surface area contributed by atoms with Gasteiger partial charge in [-0.05, 0) is 61.9 Å². The third-order valence-electron chi connectivity index (χ3n) is 4.41. The van der Waals surface area contributed by atoms with Crippen molar-refractivity contribution < 1.29 is 14.3 Å². The lowest BCUT2D eigenvalue weighted by molar-refractivity contribution is 0.100. The van der Waals surface area contributed by atoms with Gasteiger partial charge in [0, 0.05) is 10.7 Å². The van der Waals surface area contributed by atoms with Crippen LogP contribution in [-0.2, 0) is 0 Å². The van der Waals surface area contributed by atoms with Crippen molar-refractivity contribution in [1.82, 2.24) is 4.98 Å². The highest BCUT2D eigenvalue weighted by molar-refractivity contribution is 7.17. The smallest absolute Gasteiger partial charge is 0.196 e. The van der Waals surface area contributed by atoms with Gasteiger partial charge in [0.05, 0.1) is 30.4 Å². The molecule has 1 aromatic heterocycles. The Kier molecular flexibility index (Phi) is 6.67. The van der Waals surface area contributed by atoms with Crippen molar-refractivity contribution in [2.24, 2.45) is 4.99 Å². The summed E-state index contributed by atoms with van der Waals surface area (Å²) in [5.41, 5.74) is 3.24. The minimum absolute atomic E-state index is 0.0629. The third kappa shape index (κ3) is 4.83. The molecule has 0 saturated heterocycles. The van der Waals surface area contributed by atoms with Crippen LogP contribution in [0.3, 0.4) is 0 Å². The quantitative estimate of drug-likeness (QED) is 0.369. The summed E-state index contributed by atoms with van der Waals surface area (Å²) in [5.74, 6) is 1.34. The number of Topliss-reactive ketones (excluding diaryl/α,β-unsaturated/α-hetero) is 1. The van der Waals surface area contributed by atoms with E-state index >= 15 is 0 Å². The number of aliphatic imine (C=N–C) groups is 1. The number of aromatic nitrogens is 1. The number of ether oxygens (including phenoxy) is 2. The number of hydrogen-bond donors (Lipinski definition) is 0. The van der Waals surface area contributed by atoms with Gasteiger partial charge in [0.1, 0.15) is 23.1 Å². The molecule has 0 amide bonds. The lowest BCUT2D eigenvalue weighted by atomic mass is 10.1. The topological polar surface area (TPSA) is 60.8 Å². The molecule has 3 aromatic rings. The van der Waals surface area contributed by atoms with Crippen LogP contribution in [0.4, 0.5) is 0 Å². The fourth-order valence-electron chi connectivity index (χ4n) is 2.80. The predicted molar refractivity (Wildman–Crippen MR) is 118 cm³/mol. The Labute approximate surface area is 179 Å². The van der Waals surface area contributed by atoms with E-state index in [0.717, 1.165) is 27.6 Å². The van der Waals surface area contributed by atoms with E-state index in [1.54, 1.807) is 26.4 Å². The Morgan fingerprint density at radius 3 is 2.52 bits per heavy atom. The molecule has 0 radical (unpaired) electrons. The summed E-state index contributed by atoms with van der Waals surface area (Å²) in [7, 11) is 3.21. The van der Waals surface area contributed by atoms with Crippen LogP contribution in [0.5, 0.6) is 11.5 Å². The van der Waals surface area contributed by atoms with Crippen molar-refractivity contribution in [3.05, 3.63) is 63.6 Å². The molecule has 0 fully saturated rings. The second kappa shape index (κ2) is 9.20. The largest absolute Gasteiger partial charge is 0.497 e. The zero-order chi connectivity index (χ0) is 21.0. The average molecular weight is 429 g/mol. The molecule has 0 atom stereocenters. The number of thiazole rings is 1. The molecule has 0 spiro atoms. The number of hydrogen-bond acceptors (Lipinski definition) is 6. The number of rotatable bonds is 7. The first-order valence-corrected chi connectivity index (χ1v) is 10.1. The highest BCUT2D eigenvalue weighted by Crippen LogP contribution is 2.36. The van der Waals surface area contributed by atoms with Crippen molar-refractivity contribution >= 4 is 34.4 Å². The van der Waals surface area contributed by atoms with Crippen LogP contribution in [0.25, 0.3) is 10.6 Å². The van der Waals surface area contributed by atoms with Crippen molar-refractivity contribution in [1.29, 1.82) is 0 Å². The predicted octanol–water partition coefficient (Wildman–Crippen LogP) is 5.48. The Morgan fingerprint density at radius 1 is 1.14 bits per heavy atom. The van der Waals surface area contributed by atoms with Crippen LogP contribution >= 0.6 is 22.9 Å². The Hall–Kier alpha value is -2.70. The van der Waals surface area contributed by atoms with Crippen LogP contribution in [-0.4, -0.2) is 37.2 Å². The molecule has 5 nitrogen and oxygen atoms in total. The molecular weight excluding hydrogens is 408 g/mol. The number of carbonyl (C=O) groups excluding carboxylic acids is 1. The number of benzene rings is 2. The SMILES string of the molecule is COc1ccc(C(C)=NCC(=O)c2sc(-c3ccc(Cl)cc3OC)nc2C)cc1. The van der Waals surface area contributed by atoms with E-state index in [2.05, 4.69) is 9.98 Å². The second-order valence-electron chi connectivity index (χ2n) is 6.33. The lowest BCUT2D eigenvalue weighted by Gasteiger charge is -2.05. The van der Waals surface area contributed by atoms with Crippen molar-refractivity contribution in [3.63, 3.8) is 0 Å². The minimum Gasteiger partial charge on any atom is -0.497 e. The summed E-state index contributed by atoms with van der Waals surface area (Å²) in [5, 5.41) is 1.30. The van der Waals surface area contributed by atoms with E-state index in [-0.39, 0.29) is 12.3 Å². The van der Waals surface area contributed by atoms with Gasteiger partial charge in [-0.1, -0.05) is 11.6 Å². The van der Waals surface area contributed by atoms with E-state index in [9.17, 15) is 4.79 Å². The molecule has 0 saturated carbocycles. The zero-order valence-electron chi connectivity index (χ0n) is 16.7. The molecule has 7 heteroatoms. The highest BCUT2D eigenvalue weighted by Gasteiger charge is 2.18. The van der Waals surface area contributed by atoms with Crippen LogP contribution in [0, 0.1) is 6.92 Å². The first-order chi connectivity index (χ1) is 13.9. The third-order valence-corrected chi connectivity index (χ3v) is 5.88. The first kappa shape index (κ1) is 21.0. The summed E-state index contributed by atoms with van der Waals surface area (Å²) >= 11 is 7.37. The van der Waals surface area contributed by atoms with Crippen molar-refractivity contribution in [2.45, 2.75) is 13.8 Å². The molecule has 0 unspecified atom stereocenters. The van der Waals surface area contributed by atoms with Crippen LogP contribution in [0.15, 0.2) is 47.5 Å². The van der Waals surface area contributed by atoms with Crippen LogP contribution in [0.1, 0.15) is 27.9 Å². The Balaban J connectivity index is 1.80. The maximum absolute atomic E-state index is 12.7. The summed E-state index contributed by atoms with van der Waals surface area (Å²) < 4.78 is 10.6. The molecular formula is C22H21ClN2O3S. The summed E-state index contributed by atoms with van der Waals surface area (Å²) in [6.45, 7) is 3.78. The second-order valence-corrected chi connectivity index (χ2v) is 7.77. The van der Waals surface area contributed by atoms with Gasteiger partial charge in [-0.2, -0.15) is 0 Å². The average Bonchev–Trinajstić information content (AvgIpc) is 3.13. The van der Waals surface area contributed by atoms with Gasteiger partial charge in [0.25, 0.3) is 0 Å². The number of methoxy groups -OCH3 is 2. The maximum Gasteiger partial charge on any atom is 0.196 e. The van der Waals surface area contributed by atoms with Gasteiger partial charge in [0.15, 0.2) is 5.78 Å². The number of halogens is 1. The van der Waals surface area contributed by atoms with Gasteiger partial charge in [-0.25, -0.2) is 4.98 Å². The van der Waals surface area contributed by atoms with E-state index in [1.165, 1.54) is 11.3 Å². The normalized spacial score (nSPS) is 11.4. The summed E-state index contributed by atoms with van der Waals surface area (Å²) in [6.07, 6.45) is 0. The number of carbonyl (C=O) groups is 1. The number of ketones is 1. The highest BCUT2D eigenvalue weighted by atomic mass is 35.5. The maximum atomic E-state index is 12.7. The van der Waals surface area contributed by atoms with E-state index < -0.39 is 0 Å². The van der Waals surface area contributed by atoms with E-state index in [0.29, 0.717) is 21.3 Å². The fourth-order valence-corrected chi connectivity index (χ4v) is 3.99. The summed E-state index contributed by atoms with van der Waals surface area (Å²) in [6, 6.07) is 12.9. The lowest BCUT2D eigenvalue weighted by Crippen LogP contribution is -2.06. The zero-order valence-corrected chi connectivity index (χ0v) is 18.2. The molecule has 0 N–H and O–H groups in total. The molecule has 3 rings (SSSR count). The van der Waals surface area contributed by atoms with Gasteiger partial charge in [-0.3, -0.25) is 9.79 Å². The van der Waals surface area contributed by atoms with Gasteiger partial charge < -0.3 is 9.47 Å². The minimum atomic E-state index is -0.0629. The summed E-state index contributed by atoms with van der Waals surface area (Å²) in [4.78, 5) is 22.4. The molecule has 1 heterocycles.